The van der Waals surface area contributed by atoms with Gasteiger partial charge in [-0.05, 0) is 199 Å². The van der Waals surface area contributed by atoms with Crippen LogP contribution in [-0.2, 0) is 0 Å². The molecule has 0 spiro atoms. The maximum absolute atomic E-state index is 6.80. The summed E-state index contributed by atoms with van der Waals surface area (Å²) in [4.78, 5) is 0. The quantitative estimate of drug-likeness (QED) is 0.175. The molecular formula is C51H82N2. The minimum absolute atomic E-state index is 0.554. The lowest BCUT2D eigenvalue weighted by molar-refractivity contribution is -0.00316. The highest BCUT2D eigenvalue weighted by Gasteiger charge is 2.46. The molecule has 7 aliphatic rings. The predicted octanol–water partition coefficient (Wildman–Crippen LogP) is 13.2. The Morgan fingerprint density at radius 2 is 1.51 bits per heavy atom. The summed E-state index contributed by atoms with van der Waals surface area (Å²) in [6.45, 7) is 9.43. The zero-order valence-electron chi connectivity index (χ0n) is 34.7. The monoisotopic (exact) mass is 723 g/mol. The topological polar surface area (TPSA) is 38.0 Å². The molecule has 0 amide bonds. The molecule has 14 atom stereocenters. The minimum atomic E-state index is 0.554. The van der Waals surface area contributed by atoms with Crippen molar-refractivity contribution >= 4 is 0 Å². The molecule has 0 bridgehead atoms. The summed E-state index contributed by atoms with van der Waals surface area (Å²) in [5, 5.41) is 4.25. The van der Waals surface area contributed by atoms with Crippen LogP contribution in [0.4, 0.5) is 0 Å². The summed E-state index contributed by atoms with van der Waals surface area (Å²) in [5.41, 5.74) is 9.77. The SMILES string of the molecule is CC1=CC=C(C(C)CC(CN)C(CCC(C)C2CCC(C3CCCCC3C3CC=CCC3)C3C=CCCC32)CNC2CCC3CCCCC3C2)C=CC1. The molecule has 0 radical (unpaired) electrons. The lowest BCUT2D eigenvalue weighted by Crippen LogP contribution is -2.44. The Kier molecular flexibility index (Phi) is 14.8. The molecule has 7 aliphatic carbocycles. The van der Waals surface area contributed by atoms with E-state index in [-0.39, 0.29) is 0 Å². The summed E-state index contributed by atoms with van der Waals surface area (Å²) < 4.78 is 0. The van der Waals surface area contributed by atoms with Crippen LogP contribution in [-0.4, -0.2) is 19.1 Å². The molecule has 4 saturated carbocycles. The van der Waals surface area contributed by atoms with Gasteiger partial charge in [-0.1, -0.05) is 113 Å². The van der Waals surface area contributed by atoms with Crippen LogP contribution < -0.4 is 11.1 Å². The van der Waals surface area contributed by atoms with Crippen LogP contribution in [0.1, 0.15) is 162 Å². The maximum Gasteiger partial charge on any atom is 0.00700 e. The Balaban J connectivity index is 1.01. The number of allylic oxidation sites excluding steroid dienone is 10. The molecule has 53 heavy (non-hydrogen) atoms. The largest absolute Gasteiger partial charge is 0.330 e. The standard InChI is InChI=1S/C51H82N2/c1-36-14-13-19-39(26-24-36)38(3)32-44(34-52)43(35-53-45-29-28-40-15-7-8-18-42(40)33-45)27-25-37(2)46-30-31-51(50-23-12-11-21-48(46)50)49-22-10-9-20-47(49)41-16-5-4-6-17-41/h4-5,12-13,19,23-24,26,37-38,40-51,53H,6-11,14-18,20-22,25,27-35,52H2,1-3H3. The molecule has 0 heterocycles. The number of hydrogen-bond acceptors (Lipinski definition) is 2. The first-order valence-corrected chi connectivity index (χ1v) is 23.8. The Labute approximate surface area is 327 Å². The first-order chi connectivity index (χ1) is 26.0. The molecule has 0 saturated heterocycles. The fourth-order valence-electron chi connectivity index (χ4n) is 14.1. The average Bonchev–Trinajstić information content (AvgIpc) is 3.44. The Bertz CT molecular complexity index is 1280. The maximum atomic E-state index is 6.80. The van der Waals surface area contributed by atoms with Crippen molar-refractivity contribution in [3.05, 3.63) is 59.8 Å². The van der Waals surface area contributed by atoms with Crippen LogP contribution in [0, 0.1) is 76.9 Å². The van der Waals surface area contributed by atoms with Gasteiger partial charge in [-0.2, -0.15) is 0 Å². The van der Waals surface area contributed by atoms with Gasteiger partial charge >= 0.3 is 0 Å². The smallest absolute Gasteiger partial charge is 0.00700 e. The molecule has 4 fully saturated rings. The van der Waals surface area contributed by atoms with E-state index in [9.17, 15) is 0 Å². The third kappa shape index (κ3) is 10.1. The molecule has 2 heteroatoms. The molecule has 2 nitrogen and oxygen atoms in total. The van der Waals surface area contributed by atoms with E-state index in [0.29, 0.717) is 17.8 Å². The third-order valence-electron chi connectivity index (χ3n) is 17.2. The van der Waals surface area contributed by atoms with Crippen molar-refractivity contribution in [2.75, 3.05) is 13.1 Å². The molecular weight excluding hydrogens is 641 g/mol. The van der Waals surface area contributed by atoms with Crippen LogP contribution in [0.2, 0.25) is 0 Å². The molecule has 3 N–H and O–H groups in total. The van der Waals surface area contributed by atoms with Crippen molar-refractivity contribution in [3.8, 4) is 0 Å². The highest BCUT2D eigenvalue weighted by molar-refractivity contribution is 5.31. The van der Waals surface area contributed by atoms with E-state index < -0.39 is 0 Å². The summed E-state index contributed by atoms with van der Waals surface area (Å²) in [6.07, 6.45) is 51.1. The highest BCUT2D eigenvalue weighted by Crippen LogP contribution is 2.55. The molecule has 0 aromatic heterocycles. The van der Waals surface area contributed by atoms with Gasteiger partial charge < -0.3 is 11.1 Å². The van der Waals surface area contributed by atoms with Gasteiger partial charge in [0.05, 0.1) is 0 Å². The summed E-state index contributed by atoms with van der Waals surface area (Å²) in [5.74, 6) is 11.2. The van der Waals surface area contributed by atoms with Crippen LogP contribution in [0.25, 0.3) is 0 Å². The summed E-state index contributed by atoms with van der Waals surface area (Å²) in [6, 6.07) is 0.726. The van der Waals surface area contributed by atoms with E-state index in [4.69, 9.17) is 5.73 Å². The van der Waals surface area contributed by atoms with Gasteiger partial charge in [-0.25, -0.2) is 0 Å². The molecule has 0 aliphatic heterocycles. The van der Waals surface area contributed by atoms with E-state index in [1.54, 1.807) is 0 Å². The molecule has 0 aromatic carbocycles. The lowest BCUT2D eigenvalue weighted by atomic mass is 9.53. The van der Waals surface area contributed by atoms with E-state index in [2.05, 4.69) is 74.7 Å². The van der Waals surface area contributed by atoms with Crippen LogP contribution in [0.3, 0.4) is 0 Å². The first kappa shape index (κ1) is 39.8. The second kappa shape index (κ2) is 19.7. The molecule has 296 valence electrons. The fraction of sp³-hybridized carbons (Fsp3) is 0.804. The number of hydrogen-bond donors (Lipinski definition) is 2. The zero-order chi connectivity index (χ0) is 36.6. The molecule has 0 aromatic rings. The molecule has 14 unspecified atom stereocenters. The Hall–Kier alpha value is -1.38. The fourth-order valence-corrected chi connectivity index (χ4v) is 14.1. The van der Waals surface area contributed by atoms with Crippen molar-refractivity contribution in [1.82, 2.24) is 5.32 Å². The van der Waals surface area contributed by atoms with Crippen molar-refractivity contribution in [3.63, 3.8) is 0 Å². The van der Waals surface area contributed by atoms with Crippen molar-refractivity contribution < 1.29 is 0 Å². The minimum Gasteiger partial charge on any atom is -0.330 e. The van der Waals surface area contributed by atoms with Gasteiger partial charge in [0, 0.05) is 6.04 Å². The van der Waals surface area contributed by atoms with Gasteiger partial charge in [0.15, 0.2) is 0 Å². The van der Waals surface area contributed by atoms with E-state index >= 15 is 0 Å². The van der Waals surface area contributed by atoms with Gasteiger partial charge in [-0.3, -0.25) is 0 Å². The number of fused-ring (bicyclic) bond motifs is 2. The highest BCUT2D eigenvalue weighted by atomic mass is 14.9. The van der Waals surface area contributed by atoms with E-state index in [1.807, 2.05) is 0 Å². The van der Waals surface area contributed by atoms with E-state index in [1.165, 1.54) is 153 Å². The van der Waals surface area contributed by atoms with Gasteiger partial charge in [0.2, 0.25) is 0 Å². The van der Waals surface area contributed by atoms with Crippen molar-refractivity contribution in [2.24, 2.45) is 82.7 Å². The van der Waals surface area contributed by atoms with Crippen molar-refractivity contribution in [1.29, 1.82) is 0 Å². The predicted molar refractivity (Wildman–Crippen MR) is 228 cm³/mol. The Morgan fingerprint density at radius 1 is 0.698 bits per heavy atom. The van der Waals surface area contributed by atoms with Gasteiger partial charge in [-0.15, -0.1) is 0 Å². The number of nitrogens with two attached hydrogens (primary N) is 1. The van der Waals surface area contributed by atoms with Gasteiger partial charge in [0.25, 0.3) is 0 Å². The first-order valence-electron chi connectivity index (χ1n) is 23.8. The molecule has 7 rings (SSSR count). The number of nitrogens with one attached hydrogen (secondary N) is 1. The average molecular weight is 723 g/mol. The van der Waals surface area contributed by atoms with Crippen LogP contribution in [0.15, 0.2) is 59.8 Å². The number of rotatable bonds is 14. The van der Waals surface area contributed by atoms with E-state index in [0.717, 1.165) is 78.2 Å². The van der Waals surface area contributed by atoms with Crippen LogP contribution in [0.5, 0.6) is 0 Å². The summed E-state index contributed by atoms with van der Waals surface area (Å²) >= 11 is 0. The lowest BCUT2D eigenvalue weighted by Gasteiger charge is -2.52. The normalized spacial score (nSPS) is 38.4. The zero-order valence-corrected chi connectivity index (χ0v) is 34.7. The van der Waals surface area contributed by atoms with Gasteiger partial charge in [0.1, 0.15) is 0 Å². The Morgan fingerprint density at radius 3 is 2.34 bits per heavy atom. The summed E-state index contributed by atoms with van der Waals surface area (Å²) in [7, 11) is 0. The van der Waals surface area contributed by atoms with Crippen molar-refractivity contribution in [2.45, 2.75) is 168 Å². The second-order valence-corrected chi connectivity index (χ2v) is 20.3. The second-order valence-electron chi connectivity index (χ2n) is 20.3. The van der Waals surface area contributed by atoms with Crippen LogP contribution >= 0.6 is 0 Å². The third-order valence-corrected chi connectivity index (χ3v) is 17.2.